The quantitative estimate of drug-likeness (QED) is 0.860. The van der Waals surface area contributed by atoms with E-state index in [1.165, 1.54) is 25.7 Å². The normalized spacial score (nSPS) is 32.1. The Bertz CT molecular complexity index is 667. The van der Waals surface area contributed by atoms with Gasteiger partial charge in [-0.1, -0.05) is 6.42 Å². The van der Waals surface area contributed by atoms with Gasteiger partial charge in [0, 0.05) is 56.7 Å². The van der Waals surface area contributed by atoms with Gasteiger partial charge in [0.05, 0.1) is 5.69 Å². The first-order valence-corrected chi connectivity index (χ1v) is 11.5. The minimum absolute atomic E-state index is 0.00969. The summed E-state index contributed by atoms with van der Waals surface area (Å²) in [6.45, 7) is 5.34. The summed E-state index contributed by atoms with van der Waals surface area (Å²) in [5.74, 6) is 2.39. The number of ether oxygens (including phenoxy) is 1. The highest BCUT2D eigenvalue weighted by atomic mass is 32.1. The van der Waals surface area contributed by atoms with E-state index >= 15 is 0 Å². The van der Waals surface area contributed by atoms with Crippen molar-refractivity contribution in [2.45, 2.75) is 50.5 Å². The zero-order valence-electron chi connectivity index (χ0n) is 15.9. The number of rotatable bonds is 3. The van der Waals surface area contributed by atoms with Crippen molar-refractivity contribution in [1.29, 1.82) is 0 Å². The van der Waals surface area contributed by atoms with Crippen molar-refractivity contribution < 1.29 is 9.53 Å². The third-order valence-electron chi connectivity index (χ3n) is 7.15. The number of urea groups is 1. The van der Waals surface area contributed by atoms with Gasteiger partial charge in [-0.25, -0.2) is 9.78 Å². The van der Waals surface area contributed by atoms with Crippen LogP contribution in [0.3, 0.4) is 0 Å². The van der Waals surface area contributed by atoms with Gasteiger partial charge < -0.3 is 9.64 Å². The molecule has 4 aliphatic rings. The van der Waals surface area contributed by atoms with E-state index in [0.717, 1.165) is 80.9 Å². The van der Waals surface area contributed by atoms with Crippen LogP contribution in [-0.2, 0) is 4.74 Å². The maximum atomic E-state index is 12.7. The number of carbonyl (C=O) groups is 1. The Morgan fingerprint density at radius 3 is 2.63 bits per heavy atom. The van der Waals surface area contributed by atoms with Gasteiger partial charge in [0.25, 0.3) is 0 Å². The van der Waals surface area contributed by atoms with Crippen molar-refractivity contribution in [2.75, 3.05) is 44.7 Å². The number of thiazole rings is 1. The molecule has 7 heteroatoms. The Hall–Kier alpha value is -1.18. The van der Waals surface area contributed by atoms with Crippen molar-refractivity contribution >= 4 is 22.5 Å². The second kappa shape index (κ2) is 7.68. The molecule has 148 valence electrons. The smallest absolute Gasteiger partial charge is 0.323 e. The van der Waals surface area contributed by atoms with Gasteiger partial charge >= 0.3 is 6.03 Å². The fourth-order valence-corrected chi connectivity index (χ4v) is 6.39. The fourth-order valence-electron chi connectivity index (χ4n) is 5.61. The number of nitrogens with one attached hydrogen (secondary N) is 1. The molecule has 2 saturated heterocycles. The number of amides is 2. The molecule has 2 aliphatic carbocycles. The number of nitrogens with zero attached hydrogens (tertiary/aromatic N) is 3. The second-order valence-electron chi connectivity index (χ2n) is 8.66. The van der Waals surface area contributed by atoms with Gasteiger partial charge in [-0.2, -0.15) is 0 Å². The van der Waals surface area contributed by atoms with Gasteiger partial charge in [0.15, 0.2) is 5.13 Å². The maximum absolute atomic E-state index is 12.7. The summed E-state index contributed by atoms with van der Waals surface area (Å²) < 4.78 is 5.43. The summed E-state index contributed by atoms with van der Waals surface area (Å²) >= 11 is 1.54. The van der Waals surface area contributed by atoms with E-state index in [0.29, 0.717) is 5.92 Å². The summed E-state index contributed by atoms with van der Waals surface area (Å²) in [6.07, 6.45) is 7.78. The largest absolute Gasteiger partial charge is 0.381 e. The molecule has 0 aromatic carbocycles. The van der Waals surface area contributed by atoms with Gasteiger partial charge in [0.1, 0.15) is 0 Å². The van der Waals surface area contributed by atoms with E-state index in [2.05, 4.69) is 20.6 Å². The summed E-state index contributed by atoms with van der Waals surface area (Å²) in [7, 11) is 0. The molecule has 27 heavy (non-hydrogen) atoms. The first kappa shape index (κ1) is 17.9. The van der Waals surface area contributed by atoms with Crippen molar-refractivity contribution in [3.63, 3.8) is 0 Å². The van der Waals surface area contributed by atoms with E-state index in [4.69, 9.17) is 4.74 Å². The minimum Gasteiger partial charge on any atom is -0.381 e. The van der Waals surface area contributed by atoms with Gasteiger partial charge in [-0.05, 0) is 43.9 Å². The van der Waals surface area contributed by atoms with Crippen LogP contribution in [0.4, 0.5) is 9.93 Å². The molecule has 1 aromatic rings. The second-order valence-corrected chi connectivity index (χ2v) is 9.52. The predicted molar refractivity (Wildman–Crippen MR) is 106 cm³/mol. The summed E-state index contributed by atoms with van der Waals surface area (Å²) in [6, 6.07) is 0.797. The lowest BCUT2D eigenvalue weighted by Crippen LogP contribution is -2.53. The molecular weight excluding hydrogens is 360 g/mol. The summed E-state index contributed by atoms with van der Waals surface area (Å²) in [4.78, 5) is 21.9. The number of hydrogen-bond acceptors (Lipinski definition) is 5. The number of piperazine rings is 1. The van der Waals surface area contributed by atoms with Crippen LogP contribution in [-0.4, -0.2) is 66.2 Å². The molecule has 5 rings (SSSR count). The van der Waals surface area contributed by atoms with E-state index in [1.54, 1.807) is 11.3 Å². The first-order chi connectivity index (χ1) is 13.3. The van der Waals surface area contributed by atoms with Gasteiger partial charge in [0.2, 0.25) is 0 Å². The highest BCUT2D eigenvalue weighted by molar-refractivity contribution is 7.13. The van der Waals surface area contributed by atoms with Crippen LogP contribution in [0.1, 0.15) is 50.1 Å². The number of fused-ring (bicyclic) bond motifs is 2. The monoisotopic (exact) mass is 390 g/mol. The zero-order valence-corrected chi connectivity index (χ0v) is 16.8. The van der Waals surface area contributed by atoms with Crippen LogP contribution in [0.5, 0.6) is 0 Å². The van der Waals surface area contributed by atoms with Crippen LogP contribution in [0.25, 0.3) is 0 Å². The molecule has 3 atom stereocenters. The number of carbonyl (C=O) groups excluding carboxylic acids is 1. The molecule has 0 spiro atoms. The number of hydrogen-bond donors (Lipinski definition) is 1. The van der Waals surface area contributed by atoms with Crippen LogP contribution in [0, 0.1) is 11.8 Å². The lowest BCUT2D eigenvalue weighted by molar-refractivity contribution is 0.0845. The minimum atomic E-state index is 0.00969. The predicted octanol–water partition coefficient (Wildman–Crippen LogP) is 3.38. The highest BCUT2D eigenvalue weighted by Crippen LogP contribution is 2.46. The average Bonchev–Trinajstić information content (AvgIpc) is 3.46. The lowest BCUT2D eigenvalue weighted by Gasteiger charge is -2.40. The average molecular weight is 391 g/mol. The molecule has 2 saturated carbocycles. The lowest BCUT2D eigenvalue weighted by atomic mass is 9.93. The molecule has 0 unspecified atom stereocenters. The van der Waals surface area contributed by atoms with Crippen molar-refractivity contribution in [3.8, 4) is 0 Å². The van der Waals surface area contributed by atoms with Crippen molar-refractivity contribution in [3.05, 3.63) is 11.1 Å². The molecule has 6 nitrogen and oxygen atoms in total. The van der Waals surface area contributed by atoms with E-state index in [1.807, 2.05) is 4.90 Å². The van der Waals surface area contributed by atoms with Gasteiger partial charge in [-0.15, -0.1) is 11.3 Å². The van der Waals surface area contributed by atoms with Crippen LogP contribution in [0.2, 0.25) is 0 Å². The van der Waals surface area contributed by atoms with Crippen LogP contribution < -0.4 is 5.32 Å². The Morgan fingerprint density at radius 1 is 1.11 bits per heavy atom. The molecule has 2 bridgehead atoms. The molecule has 3 heterocycles. The SMILES string of the molecule is O=C(Nc1nc(C2CCOCC2)cs1)N1CCN([C@@H]2C[C@@H]3CC[C@H]2C3)CC1. The van der Waals surface area contributed by atoms with Crippen LogP contribution in [0.15, 0.2) is 5.38 Å². The Balaban J connectivity index is 1.12. The molecular formula is C20H30N4O2S. The Morgan fingerprint density at radius 2 is 1.93 bits per heavy atom. The van der Waals surface area contributed by atoms with Gasteiger partial charge in [-0.3, -0.25) is 10.2 Å². The zero-order chi connectivity index (χ0) is 18.2. The maximum Gasteiger partial charge on any atom is 0.323 e. The first-order valence-electron chi connectivity index (χ1n) is 10.6. The number of anilines is 1. The molecule has 1 N–H and O–H groups in total. The van der Waals surface area contributed by atoms with Crippen molar-refractivity contribution in [2.24, 2.45) is 11.8 Å². The Labute approximate surface area is 165 Å². The Kier molecular flexibility index (Phi) is 5.09. The van der Waals surface area contributed by atoms with E-state index in [9.17, 15) is 4.79 Å². The third-order valence-corrected chi connectivity index (χ3v) is 7.92. The van der Waals surface area contributed by atoms with Crippen molar-refractivity contribution in [1.82, 2.24) is 14.8 Å². The topological polar surface area (TPSA) is 57.7 Å². The third kappa shape index (κ3) is 3.74. The summed E-state index contributed by atoms with van der Waals surface area (Å²) in [5, 5.41) is 5.86. The molecule has 1 aromatic heterocycles. The summed E-state index contributed by atoms with van der Waals surface area (Å²) in [5.41, 5.74) is 1.11. The molecule has 0 radical (unpaired) electrons. The van der Waals surface area contributed by atoms with Crippen LogP contribution >= 0.6 is 11.3 Å². The number of aromatic nitrogens is 1. The van der Waals surface area contributed by atoms with E-state index in [-0.39, 0.29) is 6.03 Å². The standard InChI is InChI=1S/C20H30N4O2S/c25-20(22-19-21-17(13-27-19)15-3-9-26-10-4-15)24-7-5-23(6-8-24)18-12-14-1-2-16(18)11-14/h13-16,18H,1-12H2,(H,21,22,25)/t14-,16+,18-/m1/s1. The molecule has 2 aliphatic heterocycles. The van der Waals surface area contributed by atoms with E-state index < -0.39 is 0 Å². The molecule has 4 fully saturated rings. The fraction of sp³-hybridized carbons (Fsp3) is 0.800. The highest BCUT2D eigenvalue weighted by Gasteiger charge is 2.43. The molecule has 2 amide bonds.